The van der Waals surface area contributed by atoms with Crippen molar-refractivity contribution in [3.05, 3.63) is 18.1 Å². The molecule has 8 heteroatoms. The third-order valence-electron chi connectivity index (χ3n) is 3.94. The molecule has 0 amide bonds. The first-order valence-corrected chi connectivity index (χ1v) is 6.91. The van der Waals surface area contributed by atoms with Crippen molar-refractivity contribution >= 4 is 11.6 Å². The molecule has 2 aromatic heterocycles. The molecule has 0 aromatic carbocycles. The van der Waals surface area contributed by atoms with Gasteiger partial charge >= 0.3 is 6.18 Å². The number of hydrogen-bond acceptors (Lipinski definition) is 4. The largest absolute Gasteiger partial charge is 0.433 e. The van der Waals surface area contributed by atoms with Crippen molar-refractivity contribution in [2.75, 3.05) is 11.4 Å². The maximum Gasteiger partial charge on any atom is 0.433 e. The first kappa shape index (κ1) is 14.1. The van der Waals surface area contributed by atoms with Crippen LogP contribution in [0.25, 0.3) is 5.78 Å². The van der Waals surface area contributed by atoms with Gasteiger partial charge in [-0.2, -0.15) is 27.8 Å². The van der Waals surface area contributed by atoms with Gasteiger partial charge in [0.25, 0.3) is 5.78 Å². The summed E-state index contributed by atoms with van der Waals surface area (Å²) in [6, 6.07) is 1.23. The van der Waals surface area contributed by atoms with Crippen LogP contribution in [0.5, 0.6) is 0 Å². The molecule has 2 aromatic rings. The van der Waals surface area contributed by atoms with E-state index in [2.05, 4.69) is 22.0 Å². The summed E-state index contributed by atoms with van der Waals surface area (Å²) in [7, 11) is 0. The summed E-state index contributed by atoms with van der Waals surface area (Å²) in [6.45, 7) is 4.82. The Kier molecular flexibility index (Phi) is 3.26. The van der Waals surface area contributed by atoms with E-state index in [0.717, 1.165) is 18.9 Å². The van der Waals surface area contributed by atoms with Crippen LogP contribution in [0.1, 0.15) is 32.4 Å². The van der Waals surface area contributed by atoms with Crippen LogP contribution in [0.15, 0.2) is 12.4 Å². The molecule has 1 saturated heterocycles. The Morgan fingerprint density at radius 2 is 2.00 bits per heavy atom. The fourth-order valence-corrected chi connectivity index (χ4v) is 2.75. The smallest absolute Gasteiger partial charge is 0.353 e. The van der Waals surface area contributed by atoms with Gasteiger partial charge in [0.05, 0.1) is 0 Å². The van der Waals surface area contributed by atoms with Crippen molar-refractivity contribution in [3.63, 3.8) is 0 Å². The van der Waals surface area contributed by atoms with E-state index in [4.69, 9.17) is 0 Å². The van der Waals surface area contributed by atoms with Crippen molar-refractivity contribution in [2.24, 2.45) is 5.92 Å². The molecule has 1 fully saturated rings. The highest BCUT2D eigenvalue weighted by atomic mass is 19.4. The van der Waals surface area contributed by atoms with E-state index in [1.807, 2.05) is 11.8 Å². The Morgan fingerprint density at radius 3 is 2.71 bits per heavy atom. The highest BCUT2D eigenvalue weighted by Gasteiger charge is 2.35. The molecule has 0 aliphatic carbocycles. The van der Waals surface area contributed by atoms with Gasteiger partial charge in [0, 0.05) is 18.7 Å². The van der Waals surface area contributed by atoms with Gasteiger partial charge in [0.2, 0.25) is 0 Å². The lowest BCUT2D eigenvalue weighted by Crippen LogP contribution is -2.42. The molecule has 1 aliphatic heterocycles. The summed E-state index contributed by atoms with van der Waals surface area (Å²) in [5.74, 6) is 0.816. The minimum Gasteiger partial charge on any atom is -0.353 e. The quantitative estimate of drug-likeness (QED) is 0.812. The predicted octanol–water partition coefficient (Wildman–Crippen LogP) is 2.77. The third-order valence-corrected chi connectivity index (χ3v) is 3.94. The molecule has 5 nitrogen and oxygen atoms in total. The highest BCUT2D eigenvalue weighted by Crippen LogP contribution is 2.33. The van der Waals surface area contributed by atoms with E-state index in [1.54, 1.807) is 0 Å². The van der Waals surface area contributed by atoms with Crippen LogP contribution in [-0.4, -0.2) is 32.2 Å². The van der Waals surface area contributed by atoms with E-state index in [9.17, 15) is 13.2 Å². The minimum absolute atomic E-state index is 0.0229. The van der Waals surface area contributed by atoms with E-state index in [1.165, 1.54) is 10.8 Å². The molecule has 3 heterocycles. The third kappa shape index (κ3) is 2.54. The zero-order valence-corrected chi connectivity index (χ0v) is 11.8. The molecular weight excluding hydrogens is 283 g/mol. The Bertz CT molecular complexity index is 651. The van der Waals surface area contributed by atoms with E-state index in [0.29, 0.717) is 18.3 Å². The number of alkyl halides is 3. The Balaban J connectivity index is 2.13. The Morgan fingerprint density at radius 1 is 1.24 bits per heavy atom. The van der Waals surface area contributed by atoms with E-state index in [-0.39, 0.29) is 11.8 Å². The topological polar surface area (TPSA) is 46.3 Å². The van der Waals surface area contributed by atoms with Crippen LogP contribution in [0.4, 0.5) is 19.0 Å². The molecule has 21 heavy (non-hydrogen) atoms. The van der Waals surface area contributed by atoms with Crippen LogP contribution in [-0.2, 0) is 6.18 Å². The normalized spacial score (nSPS) is 23.8. The molecule has 0 radical (unpaired) electrons. The molecule has 0 N–H and O–H groups in total. The summed E-state index contributed by atoms with van der Waals surface area (Å²) in [6.07, 6.45) is -1.24. The fourth-order valence-electron chi connectivity index (χ4n) is 2.75. The van der Waals surface area contributed by atoms with Crippen LogP contribution in [0.2, 0.25) is 0 Å². The average Bonchev–Trinajstić information content (AvgIpc) is 2.87. The zero-order chi connectivity index (χ0) is 15.2. The summed E-state index contributed by atoms with van der Waals surface area (Å²) in [4.78, 5) is 9.32. The molecule has 0 spiro atoms. The Hall–Kier alpha value is -1.86. The van der Waals surface area contributed by atoms with Gasteiger partial charge in [-0.05, 0) is 25.7 Å². The summed E-state index contributed by atoms with van der Waals surface area (Å²) >= 11 is 0. The van der Waals surface area contributed by atoms with Crippen molar-refractivity contribution < 1.29 is 13.2 Å². The minimum atomic E-state index is -4.49. The van der Waals surface area contributed by atoms with E-state index < -0.39 is 11.9 Å². The SMILES string of the molecule is CC1CCC(C)N(c2cc(C(F)(F)F)nc3ncnn23)C1. The number of anilines is 1. The standard InChI is InChI=1S/C13H16F3N5/c1-8-3-4-9(2)20(6-8)11-5-10(13(14,15)16)19-12-17-7-18-21(11)12/h5,7-9H,3-4,6H2,1-2H3. The van der Waals surface area contributed by atoms with Crippen LogP contribution < -0.4 is 4.90 Å². The van der Waals surface area contributed by atoms with Gasteiger partial charge in [-0.25, -0.2) is 4.98 Å². The lowest BCUT2D eigenvalue weighted by Gasteiger charge is -2.38. The number of nitrogens with zero attached hydrogens (tertiary/aromatic N) is 5. The average molecular weight is 299 g/mol. The summed E-state index contributed by atoms with van der Waals surface area (Å²) < 4.78 is 40.4. The molecule has 3 rings (SSSR count). The van der Waals surface area contributed by atoms with Crippen molar-refractivity contribution in [1.82, 2.24) is 19.6 Å². The van der Waals surface area contributed by atoms with Crippen molar-refractivity contribution in [3.8, 4) is 0 Å². The van der Waals surface area contributed by atoms with Crippen molar-refractivity contribution in [2.45, 2.75) is 38.9 Å². The first-order valence-electron chi connectivity index (χ1n) is 6.91. The second-order valence-corrected chi connectivity index (χ2v) is 5.65. The van der Waals surface area contributed by atoms with Gasteiger partial charge < -0.3 is 4.90 Å². The monoisotopic (exact) mass is 299 g/mol. The molecular formula is C13H16F3N5. The summed E-state index contributed by atoms with van der Waals surface area (Å²) in [5.41, 5.74) is -0.927. The van der Waals surface area contributed by atoms with Gasteiger partial charge in [0.15, 0.2) is 5.69 Å². The number of piperidine rings is 1. The number of hydrogen-bond donors (Lipinski definition) is 0. The predicted molar refractivity (Wildman–Crippen MR) is 71.0 cm³/mol. The first-order chi connectivity index (χ1) is 9.86. The number of rotatable bonds is 1. The lowest BCUT2D eigenvalue weighted by atomic mass is 9.95. The zero-order valence-electron chi connectivity index (χ0n) is 11.8. The van der Waals surface area contributed by atoms with E-state index >= 15 is 0 Å². The molecule has 2 unspecified atom stereocenters. The summed E-state index contributed by atoms with van der Waals surface area (Å²) in [5, 5.41) is 4.01. The fraction of sp³-hybridized carbons (Fsp3) is 0.615. The number of aromatic nitrogens is 4. The number of fused-ring (bicyclic) bond motifs is 1. The van der Waals surface area contributed by atoms with Crippen molar-refractivity contribution in [1.29, 1.82) is 0 Å². The molecule has 2 atom stereocenters. The second-order valence-electron chi connectivity index (χ2n) is 5.65. The van der Waals surface area contributed by atoms with Gasteiger partial charge in [-0.3, -0.25) is 0 Å². The maximum absolute atomic E-state index is 13.0. The lowest BCUT2D eigenvalue weighted by molar-refractivity contribution is -0.141. The van der Waals surface area contributed by atoms with Gasteiger partial charge in [-0.15, -0.1) is 0 Å². The Labute approximate surface area is 119 Å². The molecule has 1 aliphatic rings. The molecule has 114 valence electrons. The van der Waals surface area contributed by atoms with Gasteiger partial charge in [-0.1, -0.05) is 6.92 Å². The number of halogens is 3. The van der Waals surface area contributed by atoms with Gasteiger partial charge in [0.1, 0.15) is 12.1 Å². The maximum atomic E-state index is 13.0. The molecule has 0 saturated carbocycles. The van der Waals surface area contributed by atoms with Crippen LogP contribution in [0.3, 0.4) is 0 Å². The highest BCUT2D eigenvalue weighted by molar-refractivity contribution is 5.49. The molecule has 0 bridgehead atoms. The van der Waals surface area contributed by atoms with Crippen LogP contribution >= 0.6 is 0 Å². The second kappa shape index (κ2) is 4.85. The van der Waals surface area contributed by atoms with Crippen LogP contribution in [0, 0.1) is 5.92 Å².